The predicted octanol–water partition coefficient (Wildman–Crippen LogP) is 10.4. The summed E-state index contributed by atoms with van der Waals surface area (Å²) in [6.07, 6.45) is 1.83. The molecule has 5 aromatic carbocycles. The summed E-state index contributed by atoms with van der Waals surface area (Å²) >= 11 is 0. The first kappa shape index (κ1) is 42.4. The van der Waals surface area contributed by atoms with E-state index in [0.29, 0.717) is 29.4 Å². The maximum Gasteiger partial charge on any atom is 0.233 e. The lowest BCUT2D eigenvalue weighted by Crippen LogP contribution is -2.02. The summed E-state index contributed by atoms with van der Waals surface area (Å²) in [5.74, 6) is 2.13. The fourth-order valence-corrected chi connectivity index (χ4v) is 7.09. The summed E-state index contributed by atoms with van der Waals surface area (Å²) in [4.78, 5) is 18.8. The van der Waals surface area contributed by atoms with Crippen LogP contribution >= 0.6 is 14.7 Å². The van der Waals surface area contributed by atoms with Crippen LogP contribution < -0.4 is 9.47 Å². The molecule has 0 saturated carbocycles. The van der Waals surface area contributed by atoms with Gasteiger partial charge in [0.05, 0.1) is 0 Å². The topological polar surface area (TPSA) is 134 Å². The molecule has 0 bridgehead atoms. The standard InChI is InChI=1S/C24H27O4P.C20H27O4P/c1-17-11-22(28-16-29(3,26)27)12-18(2)23(17)15-20-9-10-24(25)21(14-20)13-19-7-5-4-6-8-19;1-13(2)18-10-16(6-7-20(18)21)11-19-14(3)8-17(9-15(19)4)24-12-25(5,22)23/h4-12,14,25H,13,15-16H2,1-3H3,(H,26,27);6-10,13,21H,11-12H2,1-5H3,(H,22,23). The van der Waals surface area contributed by atoms with Gasteiger partial charge in [0, 0.05) is 19.8 Å². The molecule has 2 atom stereocenters. The zero-order valence-electron chi connectivity index (χ0n) is 32.6. The maximum absolute atomic E-state index is 11.5. The second kappa shape index (κ2) is 18.3. The largest absolute Gasteiger partial charge is 0.508 e. The van der Waals surface area contributed by atoms with Crippen LogP contribution in [-0.4, -0.2) is 46.0 Å². The van der Waals surface area contributed by atoms with Crippen LogP contribution in [0.25, 0.3) is 0 Å². The van der Waals surface area contributed by atoms with Crippen LogP contribution in [0.3, 0.4) is 0 Å². The maximum atomic E-state index is 11.5. The molecule has 8 nitrogen and oxygen atoms in total. The first-order chi connectivity index (χ1) is 25.3. The molecule has 5 aromatic rings. The van der Waals surface area contributed by atoms with Crippen LogP contribution in [-0.2, 0) is 28.4 Å². The highest BCUT2D eigenvalue weighted by Gasteiger charge is 2.15. The number of aryl methyl sites for hydroxylation is 4. The number of aromatic hydroxyl groups is 2. The molecule has 10 heteroatoms. The third-order valence-corrected chi connectivity index (χ3v) is 10.4. The number of benzene rings is 5. The summed E-state index contributed by atoms with van der Waals surface area (Å²) in [7, 11) is -6.41. The second-order valence-electron chi connectivity index (χ2n) is 14.7. The average molecular weight is 773 g/mol. The van der Waals surface area contributed by atoms with E-state index in [4.69, 9.17) is 9.47 Å². The highest BCUT2D eigenvalue weighted by atomic mass is 31.2. The molecular weight excluding hydrogens is 718 g/mol. The molecule has 0 radical (unpaired) electrons. The second-order valence-corrected chi connectivity index (χ2v) is 19.5. The Bertz CT molecular complexity index is 2100. The predicted molar refractivity (Wildman–Crippen MR) is 219 cm³/mol. The van der Waals surface area contributed by atoms with E-state index in [0.717, 1.165) is 62.9 Å². The normalized spacial score (nSPS) is 13.4. The van der Waals surface area contributed by atoms with Gasteiger partial charge in [-0.15, -0.1) is 0 Å². The number of rotatable bonds is 13. The van der Waals surface area contributed by atoms with Gasteiger partial charge >= 0.3 is 0 Å². The third-order valence-electron chi connectivity index (χ3n) is 9.14. The molecule has 0 aliphatic rings. The lowest BCUT2D eigenvalue weighted by molar-refractivity contribution is 0.352. The SMILES string of the molecule is Cc1cc(OCP(C)(=O)O)cc(C)c1Cc1ccc(O)c(C(C)C)c1.Cc1cc(OCP(C)(=O)O)cc(C)c1Cc1ccc(O)c(Cc2ccccc2)c1. The fraction of sp³-hybridized carbons (Fsp3) is 0.318. The third kappa shape index (κ3) is 12.9. The Hall–Kier alpha value is -4.32. The van der Waals surface area contributed by atoms with Crippen molar-refractivity contribution in [2.24, 2.45) is 0 Å². The molecule has 0 spiro atoms. The Labute approximate surface area is 320 Å². The van der Waals surface area contributed by atoms with Crippen molar-refractivity contribution in [3.8, 4) is 23.0 Å². The molecule has 0 saturated heterocycles. The molecule has 4 N–H and O–H groups in total. The summed E-state index contributed by atoms with van der Waals surface area (Å²) in [6.45, 7) is 14.8. The molecule has 0 aromatic heterocycles. The number of ether oxygens (including phenoxy) is 2. The van der Waals surface area contributed by atoms with Gasteiger partial charge in [0.1, 0.15) is 23.0 Å². The summed E-state index contributed by atoms with van der Waals surface area (Å²) < 4.78 is 33.8. The van der Waals surface area contributed by atoms with Crippen molar-refractivity contribution >= 4 is 14.7 Å². The van der Waals surface area contributed by atoms with E-state index in [1.54, 1.807) is 12.1 Å². The number of phenolic OH excluding ortho intramolecular Hbond substituents is 2. The Morgan fingerprint density at radius 2 is 0.981 bits per heavy atom. The highest BCUT2D eigenvalue weighted by molar-refractivity contribution is 7.57. The molecule has 0 fully saturated rings. The monoisotopic (exact) mass is 772 g/mol. The van der Waals surface area contributed by atoms with Gasteiger partial charge in [0.25, 0.3) is 0 Å². The van der Waals surface area contributed by atoms with Crippen molar-refractivity contribution in [2.45, 2.75) is 66.7 Å². The van der Waals surface area contributed by atoms with Gasteiger partial charge in [-0.3, -0.25) is 9.13 Å². The number of hydrogen-bond acceptors (Lipinski definition) is 6. The van der Waals surface area contributed by atoms with E-state index in [1.165, 1.54) is 24.5 Å². The van der Waals surface area contributed by atoms with E-state index < -0.39 is 14.7 Å². The van der Waals surface area contributed by atoms with Crippen molar-refractivity contribution < 1.29 is 38.6 Å². The van der Waals surface area contributed by atoms with Gasteiger partial charge in [0.15, 0.2) is 12.7 Å². The Balaban J connectivity index is 0.000000244. The van der Waals surface area contributed by atoms with E-state index in [1.807, 2.05) is 82.3 Å². The van der Waals surface area contributed by atoms with E-state index >= 15 is 0 Å². The Morgan fingerprint density at radius 1 is 0.556 bits per heavy atom. The number of phenols is 2. The van der Waals surface area contributed by atoms with E-state index in [-0.39, 0.29) is 18.6 Å². The quantitative estimate of drug-likeness (QED) is 0.0870. The van der Waals surface area contributed by atoms with Crippen LogP contribution in [0.4, 0.5) is 0 Å². The van der Waals surface area contributed by atoms with Gasteiger partial charge in [-0.2, -0.15) is 0 Å². The summed E-state index contributed by atoms with van der Waals surface area (Å²) in [6, 6.07) is 29.3. The molecule has 54 heavy (non-hydrogen) atoms. The van der Waals surface area contributed by atoms with Gasteiger partial charge in [-0.05, 0) is 144 Å². The van der Waals surface area contributed by atoms with Gasteiger partial charge < -0.3 is 29.5 Å². The minimum atomic E-state index is -3.21. The molecule has 0 amide bonds. The molecule has 288 valence electrons. The fourth-order valence-electron chi connectivity index (χ4n) is 6.31. The van der Waals surface area contributed by atoms with Crippen molar-refractivity contribution in [2.75, 3.05) is 26.0 Å². The molecule has 2 unspecified atom stereocenters. The van der Waals surface area contributed by atoms with Crippen LogP contribution in [0.5, 0.6) is 23.0 Å². The molecule has 0 heterocycles. The number of hydrogen-bond donors (Lipinski definition) is 4. The minimum Gasteiger partial charge on any atom is -0.508 e. The van der Waals surface area contributed by atoms with Crippen molar-refractivity contribution in [1.29, 1.82) is 0 Å². The van der Waals surface area contributed by atoms with E-state index in [9.17, 15) is 29.1 Å². The lowest BCUT2D eigenvalue weighted by Gasteiger charge is -2.16. The molecule has 0 aliphatic carbocycles. The average Bonchev–Trinajstić information content (AvgIpc) is 3.08. The zero-order valence-corrected chi connectivity index (χ0v) is 34.4. The summed E-state index contributed by atoms with van der Waals surface area (Å²) in [5.41, 5.74) is 12.0. The Kier molecular flexibility index (Phi) is 14.4. The van der Waals surface area contributed by atoms with Gasteiger partial charge in [-0.1, -0.05) is 68.4 Å². The van der Waals surface area contributed by atoms with Crippen LogP contribution in [0.1, 0.15) is 81.0 Å². The van der Waals surface area contributed by atoms with Crippen molar-refractivity contribution in [3.05, 3.63) is 152 Å². The lowest BCUT2D eigenvalue weighted by atomic mass is 9.93. The zero-order chi connectivity index (χ0) is 39.8. The van der Waals surface area contributed by atoms with Crippen LogP contribution in [0.2, 0.25) is 0 Å². The van der Waals surface area contributed by atoms with Crippen molar-refractivity contribution in [3.63, 3.8) is 0 Å². The van der Waals surface area contributed by atoms with E-state index in [2.05, 4.69) is 38.1 Å². The molecule has 5 rings (SSSR count). The van der Waals surface area contributed by atoms with Gasteiger partial charge in [-0.25, -0.2) is 0 Å². The van der Waals surface area contributed by atoms with Crippen molar-refractivity contribution in [1.82, 2.24) is 0 Å². The first-order valence-electron chi connectivity index (χ1n) is 18.0. The van der Waals surface area contributed by atoms with Crippen LogP contribution in [0, 0.1) is 27.7 Å². The molecule has 0 aliphatic heterocycles. The highest BCUT2D eigenvalue weighted by Crippen LogP contribution is 2.37. The Morgan fingerprint density at radius 3 is 1.41 bits per heavy atom. The molecular formula is C44H54O8P2. The smallest absolute Gasteiger partial charge is 0.233 e. The van der Waals surface area contributed by atoms with Gasteiger partial charge in [0.2, 0.25) is 14.7 Å². The minimum absolute atomic E-state index is 0.180. The first-order valence-corrected chi connectivity index (χ1v) is 22.6. The summed E-state index contributed by atoms with van der Waals surface area (Å²) in [5, 5.41) is 20.3. The van der Waals surface area contributed by atoms with Crippen LogP contribution in [0.15, 0.2) is 91.0 Å².